The molecule has 0 aliphatic carbocycles. The molecule has 0 heterocycles. The number of hydrogen-bond donors (Lipinski definition) is 1. The van der Waals surface area contributed by atoms with Gasteiger partial charge < -0.3 is 9.84 Å². The second-order valence-corrected chi connectivity index (χ2v) is 1.99. The first-order valence-corrected chi connectivity index (χ1v) is 3.23. The number of rotatable bonds is 4. The highest BCUT2D eigenvalue weighted by Gasteiger charge is 2.11. The normalized spacial score (nSPS) is 10.6. The van der Waals surface area contributed by atoms with Gasteiger partial charge in [-0.25, -0.2) is 4.79 Å². The Morgan fingerprint density at radius 1 is 1.58 bits per heavy atom. The average molecular weight is 170 g/mol. The van der Waals surface area contributed by atoms with Crippen molar-refractivity contribution >= 4 is 11.9 Å². The summed E-state index contributed by atoms with van der Waals surface area (Å²) in [5, 5.41) is 8.37. The zero-order valence-electron chi connectivity index (χ0n) is 6.74. The first-order chi connectivity index (χ1) is 5.61. The molecule has 66 valence electrons. The van der Waals surface area contributed by atoms with Crippen molar-refractivity contribution in [2.75, 3.05) is 7.11 Å². The molecule has 0 aromatic carbocycles. The minimum atomic E-state index is -1.08. The molecule has 0 bridgehead atoms. The van der Waals surface area contributed by atoms with E-state index >= 15 is 0 Å². The molecule has 1 N–H and O–H groups in total. The third-order valence-corrected chi connectivity index (χ3v) is 1.11. The average Bonchev–Trinajstić information content (AvgIpc) is 2.01. The highest BCUT2D eigenvalue weighted by Crippen LogP contribution is 2.03. The van der Waals surface area contributed by atoms with Gasteiger partial charge in [0.25, 0.3) is 0 Å². The van der Waals surface area contributed by atoms with Crippen LogP contribution in [0.2, 0.25) is 0 Å². The number of carboxylic acid groups (broad SMARTS) is 1. The lowest BCUT2D eigenvalue weighted by Crippen LogP contribution is -2.09. The van der Waals surface area contributed by atoms with Crippen LogP contribution in [-0.2, 0) is 14.3 Å². The van der Waals surface area contributed by atoms with Gasteiger partial charge in [0, 0.05) is 5.57 Å². The summed E-state index contributed by atoms with van der Waals surface area (Å²) < 4.78 is 4.35. The molecule has 0 amide bonds. The highest BCUT2D eigenvalue weighted by molar-refractivity contribution is 5.93. The van der Waals surface area contributed by atoms with Gasteiger partial charge >= 0.3 is 11.9 Å². The molecule has 0 aromatic heterocycles. The van der Waals surface area contributed by atoms with Crippen LogP contribution >= 0.6 is 0 Å². The van der Waals surface area contributed by atoms with Crippen LogP contribution in [0.25, 0.3) is 0 Å². The SMILES string of the molecule is C=CC=C(CC(=O)O)C(=O)OC. The molecule has 0 atom stereocenters. The van der Waals surface area contributed by atoms with Gasteiger partial charge in [0.15, 0.2) is 0 Å². The van der Waals surface area contributed by atoms with E-state index in [2.05, 4.69) is 11.3 Å². The van der Waals surface area contributed by atoms with Crippen molar-refractivity contribution in [3.05, 3.63) is 24.3 Å². The fourth-order valence-corrected chi connectivity index (χ4v) is 0.635. The van der Waals surface area contributed by atoms with E-state index in [9.17, 15) is 9.59 Å². The molecule has 0 radical (unpaired) electrons. The van der Waals surface area contributed by atoms with E-state index < -0.39 is 11.9 Å². The maximum atomic E-state index is 10.8. The summed E-state index contributed by atoms with van der Waals surface area (Å²) in [5.74, 6) is -1.72. The Kier molecular flexibility index (Phi) is 4.45. The van der Waals surface area contributed by atoms with Gasteiger partial charge in [-0.2, -0.15) is 0 Å². The molecule has 0 spiro atoms. The van der Waals surface area contributed by atoms with E-state index in [1.807, 2.05) is 0 Å². The predicted molar refractivity (Wildman–Crippen MR) is 42.5 cm³/mol. The lowest BCUT2D eigenvalue weighted by molar-refractivity contribution is -0.141. The fourth-order valence-electron chi connectivity index (χ4n) is 0.635. The van der Waals surface area contributed by atoms with Gasteiger partial charge in [0.1, 0.15) is 0 Å². The van der Waals surface area contributed by atoms with E-state index in [4.69, 9.17) is 5.11 Å². The maximum Gasteiger partial charge on any atom is 0.334 e. The van der Waals surface area contributed by atoms with Crippen LogP contribution in [0.5, 0.6) is 0 Å². The first kappa shape index (κ1) is 10.4. The van der Waals surface area contributed by atoms with Gasteiger partial charge in [-0.05, 0) is 0 Å². The number of esters is 1. The second-order valence-electron chi connectivity index (χ2n) is 1.99. The van der Waals surface area contributed by atoms with Gasteiger partial charge in [-0.15, -0.1) is 0 Å². The summed E-state index contributed by atoms with van der Waals surface area (Å²) in [6.45, 7) is 3.35. The number of hydrogen-bond acceptors (Lipinski definition) is 3. The van der Waals surface area contributed by atoms with Crippen LogP contribution in [0, 0.1) is 0 Å². The van der Waals surface area contributed by atoms with Crippen molar-refractivity contribution in [1.29, 1.82) is 0 Å². The lowest BCUT2D eigenvalue weighted by atomic mass is 10.2. The number of carbonyl (C=O) groups excluding carboxylic acids is 1. The first-order valence-electron chi connectivity index (χ1n) is 3.23. The van der Waals surface area contributed by atoms with Crippen LogP contribution in [0.4, 0.5) is 0 Å². The van der Waals surface area contributed by atoms with Crippen molar-refractivity contribution in [3.63, 3.8) is 0 Å². The fraction of sp³-hybridized carbons (Fsp3) is 0.250. The highest BCUT2D eigenvalue weighted by atomic mass is 16.5. The van der Waals surface area contributed by atoms with Gasteiger partial charge in [0.2, 0.25) is 0 Å². The Hall–Kier alpha value is -1.58. The van der Waals surface area contributed by atoms with Crippen molar-refractivity contribution in [1.82, 2.24) is 0 Å². The summed E-state index contributed by atoms with van der Waals surface area (Å²) in [6.07, 6.45) is 2.31. The Labute approximate surface area is 70.1 Å². The van der Waals surface area contributed by atoms with E-state index in [0.29, 0.717) is 0 Å². The van der Waals surface area contributed by atoms with Gasteiger partial charge in [-0.3, -0.25) is 4.79 Å². The van der Waals surface area contributed by atoms with Crippen LogP contribution in [0.3, 0.4) is 0 Å². The van der Waals surface area contributed by atoms with Crippen LogP contribution in [0.15, 0.2) is 24.3 Å². The molecule has 0 aromatic rings. The summed E-state index contributed by atoms with van der Waals surface area (Å²) >= 11 is 0. The molecule has 4 nitrogen and oxygen atoms in total. The molecule has 0 unspecified atom stereocenters. The summed E-state index contributed by atoms with van der Waals surface area (Å²) in [7, 11) is 1.20. The van der Waals surface area contributed by atoms with Gasteiger partial charge in [0.05, 0.1) is 13.5 Å². The number of carbonyl (C=O) groups is 2. The van der Waals surface area contributed by atoms with E-state index in [0.717, 1.165) is 0 Å². The lowest BCUT2D eigenvalue weighted by Gasteiger charge is -1.99. The zero-order chi connectivity index (χ0) is 9.56. The van der Waals surface area contributed by atoms with Crippen molar-refractivity contribution in [3.8, 4) is 0 Å². The van der Waals surface area contributed by atoms with E-state index in [1.54, 1.807) is 0 Å². The quantitative estimate of drug-likeness (QED) is 0.384. The van der Waals surface area contributed by atoms with Crippen molar-refractivity contribution in [2.24, 2.45) is 0 Å². The Balaban J connectivity index is 4.44. The largest absolute Gasteiger partial charge is 0.481 e. The number of carboxylic acids is 1. The summed E-state index contributed by atoms with van der Waals surface area (Å²) in [6, 6.07) is 0. The topological polar surface area (TPSA) is 63.6 Å². The molecular formula is C8H10O4. The minimum absolute atomic E-state index is 0.0833. The molecule has 12 heavy (non-hydrogen) atoms. The monoisotopic (exact) mass is 170 g/mol. The van der Waals surface area contributed by atoms with Crippen molar-refractivity contribution < 1.29 is 19.4 Å². The molecule has 0 rings (SSSR count). The molecule has 0 aliphatic heterocycles. The maximum absolute atomic E-state index is 10.8. The van der Waals surface area contributed by atoms with E-state index in [1.165, 1.54) is 19.3 Å². The molecule has 0 saturated carbocycles. The smallest absolute Gasteiger partial charge is 0.334 e. The third kappa shape index (κ3) is 3.55. The molecule has 0 fully saturated rings. The minimum Gasteiger partial charge on any atom is -0.481 e. The van der Waals surface area contributed by atoms with Crippen LogP contribution in [-0.4, -0.2) is 24.2 Å². The van der Waals surface area contributed by atoms with Crippen LogP contribution in [0.1, 0.15) is 6.42 Å². The number of methoxy groups -OCH3 is 1. The van der Waals surface area contributed by atoms with Gasteiger partial charge in [-0.1, -0.05) is 18.7 Å². The molecule has 0 saturated heterocycles. The number of ether oxygens (including phenoxy) is 1. The van der Waals surface area contributed by atoms with Crippen LogP contribution < -0.4 is 0 Å². The van der Waals surface area contributed by atoms with E-state index in [-0.39, 0.29) is 12.0 Å². The molecular weight excluding hydrogens is 160 g/mol. The Morgan fingerprint density at radius 2 is 2.17 bits per heavy atom. The molecule has 4 heteroatoms. The Bertz CT molecular complexity index is 227. The number of aliphatic carboxylic acids is 1. The van der Waals surface area contributed by atoms with Crippen molar-refractivity contribution in [2.45, 2.75) is 6.42 Å². The number of allylic oxidation sites excluding steroid dienone is 2. The Morgan fingerprint density at radius 3 is 2.50 bits per heavy atom. The summed E-state index contributed by atoms with van der Waals surface area (Å²) in [4.78, 5) is 21.1. The molecule has 0 aliphatic rings. The second kappa shape index (κ2) is 5.12. The third-order valence-electron chi connectivity index (χ3n) is 1.11. The predicted octanol–water partition coefficient (Wildman–Crippen LogP) is 0.746. The zero-order valence-corrected chi connectivity index (χ0v) is 6.74. The summed E-state index contributed by atoms with van der Waals surface area (Å²) in [5.41, 5.74) is 0.0833. The standard InChI is InChI=1S/C8H10O4/c1-3-4-6(5-7(9)10)8(11)12-2/h3-4H,1,5H2,2H3,(H,9,10).